The van der Waals surface area contributed by atoms with Crippen LogP contribution in [0.5, 0.6) is 0 Å². The lowest BCUT2D eigenvalue weighted by Crippen LogP contribution is -2.12. The number of carbonyl (C=O) groups is 1. The highest BCUT2D eigenvalue weighted by Gasteiger charge is 2.17. The smallest absolute Gasteiger partial charge is 0.255 e. The summed E-state index contributed by atoms with van der Waals surface area (Å²) < 4.78 is 11.4. The Hall–Kier alpha value is -2.46. The van der Waals surface area contributed by atoms with Crippen molar-refractivity contribution in [1.82, 2.24) is 0 Å². The van der Waals surface area contributed by atoms with E-state index in [1.807, 2.05) is 12.1 Å². The van der Waals surface area contributed by atoms with Gasteiger partial charge in [-0.05, 0) is 59.7 Å². The molecule has 3 aromatic carbocycles. The lowest BCUT2D eigenvalue weighted by Gasteiger charge is -2.11. The van der Waals surface area contributed by atoms with Crippen molar-refractivity contribution in [2.24, 2.45) is 0 Å². The number of hydrogen-bond donors (Lipinski definition) is 1. The fraction of sp³-hybridized carbons (Fsp3) is 0.150. The van der Waals surface area contributed by atoms with Crippen molar-refractivity contribution in [2.75, 3.05) is 11.6 Å². The molecular formula is C20H17NO2S. The van der Waals surface area contributed by atoms with E-state index in [1.165, 1.54) is 16.5 Å². The average molecular weight is 335 g/mol. The number of nitrogens with one attached hydrogen (secondary N) is 1. The average Bonchev–Trinajstić information content (AvgIpc) is 3.02. The SMILES string of the molecule is CS(=O)c1ccc(C(=O)Nc2ccc3c4c(cccc24)CC3)cc1. The zero-order valence-electron chi connectivity index (χ0n) is 13.3. The van der Waals surface area contributed by atoms with Crippen LogP contribution in [0.3, 0.4) is 0 Å². The zero-order valence-corrected chi connectivity index (χ0v) is 14.2. The Kier molecular flexibility index (Phi) is 3.69. The maximum Gasteiger partial charge on any atom is 0.255 e. The predicted molar refractivity (Wildman–Crippen MR) is 98.1 cm³/mol. The van der Waals surface area contributed by atoms with E-state index < -0.39 is 10.8 Å². The van der Waals surface area contributed by atoms with Crippen LogP contribution in [0.25, 0.3) is 10.8 Å². The molecule has 3 aromatic rings. The van der Waals surface area contributed by atoms with E-state index in [1.54, 1.807) is 30.5 Å². The molecule has 0 heterocycles. The molecule has 4 rings (SSSR count). The molecule has 1 aliphatic carbocycles. The molecule has 0 aliphatic heterocycles. The minimum Gasteiger partial charge on any atom is -0.321 e. The van der Waals surface area contributed by atoms with Crippen LogP contribution in [-0.2, 0) is 23.6 Å². The third-order valence-electron chi connectivity index (χ3n) is 4.57. The number of rotatable bonds is 3. The molecule has 0 spiro atoms. The van der Waals surface area contributed by atoms with Crippen molar-refractivity contribution in [2.45, 2.75) is 17.7 Å². The van der Waals surface area contributed by atoms with Crippen LogP contribution >= 0.6 is 0 Å². The van der Waals surface area contributed by atoms with Crippen molar-refractivity contribution < 1.29 is 9.00 Å². The fourth-order valence-corrected chi connectivity index (χ4v) is 3.87. The van der Waals surface area contributed by atoms with Crippen LogP contribution < -0.4 is 5.32 Å². The maximum atomic E-state index is 12.5. The fourth-order valence-electron chi connectivity index (χ4n) is 3.35. The number of carbonyl (C=O) groups excluding carboxylic acids is 1. The first-order valence-corrected chi connectivity index (χ1v) is 9.47. The van der Waals surface area contributed by atoms with Crippen molar-refractivity contribution in [3.8, 4) is 0 Å². The molecule has 1 amide bonds. The van der Waals surface area contributed by atoms with Gasteiger partial charge >= 0.3 is 0 Å². The van der Waals surface area contributed by atoms with E-state index in [0.717, 1.165) is 28.8 Å². The molecule has 1 atom stereocenters. The van der Waals surface area contributed by atoms with Crippen LogP contribution in [0.4, 0.5) is 5.69 Å². The zero-order chi connectivity index (χ0) is 16.7. The van der Waals surface area contributed by atoms with Gasteiger partial charge in [-0.15, -0.1) is 0 Å². The van der Waals surface area contributed by atoms with Gasteiger partial charge in [0.05, 0.1) is 0 Å². The van der Waals surface area contributed by atoms with Crippen LogP contribution in [0.15, 0.2) is 59.5 Å². The molecule has 0 saturated heterocycles. The monoisotopic (exact) mass is 335 g/mol. The summed E-state index contributed by atoms with van der Waals surface area (Å²) in [6.45, 7) is 0. The van der Waals surface area contributed by atoms with Gasteiger partial charge in [-0.25, -0.2) is 0 Å². The summed E-state index contributed by atoms with van der Waals surface area (Å²) in [4.78, 5) is 13.3. The number of anilines is 1. The van der Waals surface area contributed by atoms with Gasteiger partial charge in [0.2, 0.25) is 0 Å². The van der Waals surface area contributed by atoms with E-state index in [0.29, 0.717) is 5.56 Å². The Morgan fingerprint density at radius 3 is 2.38 bits per heavy atom. The Morgan fingerprint density at radius 2 is 1.67 bits per heavy atom. The molecule has 0 bridgehead atoms. The van der Waals surface area contributed by atoms with E-state index >= 15 is 0 Å². The summed E-state index contributed by atoms with van der Waals surface area (Å²) in [5.41, 5.74) is 4.11. The van der Waals surface area contributed by atoms with Gasteiger partial charge < -0.3 is 5.32 Å². The second kappa shape index (κ2) is 5.87. The van der Waals surface area contributed by atoms with Gasteiger partial charge in [-0.1, -0.05) is 24.3 Å². The number of benzene rings is 3. The Bertz CT molecular complexity index is 967. The van der Waals surface area contributed by atoms with Crippen LogP contribution in [0.2, 0.25) is 0 Å². The lowest BCUT2D eigenvalue weighted by molar-refractivity contribution is 0.102. The first-order valence-electron chi connectivity index (χ1n) is 7.92. The van der Waals surface area contributed by atoms with Crippen LogP contribution in [0.1, 0.15) is 21.5 Å². The highest BCUT2D eigenvalue weighted by atomic mass is 32.2. The topological polar surface area (TPSA) is 46.2 Å². The molecule has 3 nitrogen and oxygen atoms in total. The Labute approximate surface area is 143 Å². The third kappa shape index (κ3) is 2.53. The van der Waals surface area contributed by atoms with Crippen molar-refractivity contribution >= 4 is 33.2 Å². The van der Waals surface area contributed by atoms with Gasteiger partial charge in [0.15, 0.2) is 0 Å². The Balaban J connectivity index is 1.67. The van der Waals surface area contributed by atoms with E-state index in [9.17, 15) is 9.00 Å². The summed E-state index contributed by atoms with van der Waals surface area (Å²) in [6, 6.07) is 17.3. The second-order valence-electron chi connectivity index (χ2n) is 6.04. The van der Waals surface area contributed by atoms with Crippen molar-refractivity contribution in [3.05, 3.63) is 71.3 Å². The highest BCUT2D eigenvalue weighted by molar-refractivity contribution is 7.84. The predicted octanol–water partition coefficient (Wildman–Crippen LogP) is 3.93. The van der Waals surface area contributed by atoms with E-state index in [4.69, 9.17) is 0 Å². The molecule has 0 aromatic heterocycles. The number of aryl methyl sites for hydroxylation is 2. The number of hydrogen-bond acceptors (Lipinski definition) is 2. The van der Waals surface area contributed by atoms with Gasteiger partial charge in [-0.3, -0.25) is 9.00 Å². The molecule has 120 valence electrons. The quantitative estimate of drug-likeness (QED) is 0.788. The molecule has 1 aliphatic rings. The third-order valence-corrected chi connectivity index (χ3v) is 5.51. The first-order chi connectivity index (χ1) is 11.6. The van der Waals surface area contributed by atoms with Crippen molar-refractivity contribution in [3.63, 3.8) is 0 Å². The van der Waals surface area contributed by atoms with Crippen LogP contribution in [0, 0.1) is 0 Å². The minimum absolute atomic E-state index is 0.151. The maximum absolute atomic E-state index is 12.5. The number of amides is 1. The summed E-state index contributed by atoms with van der Waals surface area (Å²) >= 11 is 0. The highest BCUT2D eigenvalue weighted by Crippen LogP contribution is 2.35. The second-order valence-corrected chi connectivity index (χ2v) is 7.42. The molecule has 0 fully saturated rings. The van der Waals surface area contributed by atoms with E-state index in [2.05, 4.69) is 23.5 Å². The normalized spacial score (nSPS) is 13.9. The molecule has 0 radical (unpaired) electrons. The summed E-state index contributed by atoms with van der Waals surface area (Å²) in [7, 11) is -1.04. The molecule has 1 N–H and O–H groups in total. The molecular weight excluding hydrogens is 318 g/mol. The van der Waals surface area contributed by atoms with E-state index in [-0.39, 0.29) is 5.91 Å². The van der Waals surface area contributed by atoms with Gasteiger partial charge in [0.1, 0.15) is 0 Å². The largest absolute Gasteiger partial charge is 0.321 e. The van der Waals surface area contributed by atoms with Gasteiger partial charge in [-0.2, -0.15) is 0 Å². The lowest BCUT2D eigenvalue weighted by atomic mass is 10.0. The minimum atomic E-state index is -1.04. The van der Waals surface area contributed by atoms with Gasteiger partial charge in [0, 0.05) is 38.6 Å². The molecule has 1 unspecified atom stereocenters. The summed E-state index contributed by atoms with van der Waals surface area (Å²) in [6.07, 6.45) is 3.77. The first kappa shape index (κ1) is 15.1. The van der Waals surface area contributed by atoms with Gasteiger partial charge in [0.25, 0.3) is 5.91 Å². The molecule has 4 heteroatoms. The van der Waals surface area contributed by atoms with Crippen LogP contribution in [-0.4, -0.2) is 16.4 Å². The molecule has 24 heavy (non-hydrogen) atoms. The Morgan fingerprint density at radius 1 is 0.958 bits per heavy atom. The standard InChI is InChI=1S/C20H17NO2S/c1-24(23)16-10-7-15(8-11-16)20(22)21-18-12-9-14-6-5-13-3-2-4-17(18)19(13)14/h2-4,7-12H,5-6H2,1H3,(H,21,22). The summed E-state index contributed by atoms with van der Waals surface area (Å²) in [5, 5.41) is 5.40. The van der Waals surface area contributed by atoms with Crippen molar-refractivity contribution in [1.29, 1.82) is 0 Å². The molecule has 0 saturated carbocycles. The summed E-state index contributed by atoms with van der Waals surface area (Å²) in [5.74, 6) is -0.151.